The molecule has 3 heterocycles. The Labute approximate surface area is 140 Å². The van der Waals surface area contributed by atoms with Crippen LogP contribution < -0.4 is 5.32 Å². The van der Waals surface area contributed by atoms with Gasteiger partial charge in [0.2, 0.25) is 0 Å². The van der Waals surface area contributed by atoms with Gasteiger partial charge in [0, 0.05) is 31.5 Å². The third kappa shape index (κ3) is 4.27. The molecular formula is C17H19ClN4O. The summed E-state index contributed by atoms with van der Waals surface area (Å²) in [5.41, 5.74) is 1.34. The fourth-order valence-electron chi connectivity index (χ4n) is 2.84. The number of halogens is 1. The zero-order valence-electron chi connectivity index (χ0n) is 12.8. The number of hydrogen-bond acceptors (Lipinski definition) is 4. The third-order valence-corrected chi connectivity index (χ3v) is 4.23. The zero-order valence-corrected chi connectivity index (χ0v) is 13.5. The molecule has 0 aliphatic carbocycles. The molecule has 3 rings (SSSR count). The lowest BCUT2D eigenvalue weighted by Gasteiger charge is -2.32. The van der Waals surface area contributed by atoms with Crippen molar-refractivity contribution in [1.29, 1.82) is 0 Å². The standard InChI is InChI=1S/C17H19ClN4O/c18-15-7-3-9-20-16(15)17(23)21-14-6-4-10-22(12-14)11-13-5-1-2-8-19-13/h1-3,5,7-9,14H,4,6,10-12H2,(H,21,23)/t14-/m1/s1. The van der Waals surface area contributed by atoms with E-state index in [1.165, 1.54) is 0 Å². The van der Waals surface area contributed by atoms with Crippen LogP contribution >= 0.6 is 11.6 Å². The molecule has 2 aromatic heterocycles. The van der Waals surface area contributed by atoms with Crippen molar-refractivity contribution in [2.75, 3.05) is 13.1 Å². The number of pyridine rings is 2. The van der Waals surface area contributed by atoms with Gasteiger partial charge in [-0.3, -0.25) is 14.7 Å². The molecule has 0 unspecified atom stereocenters. The minimum atomic E-state index is -0.208. The first kappa shape index (κ1) is 15.9. The van der Waals surface area contributed by atoms with Gasteiger partial charge in [-0.15, -0.1) is 0 Å². The molecule has 0 bridgehead atoms. The lowest BCUT2D eigenvalue weighted by molar-refractivity contribution is 0.0895. The van der Waals surface area contributed by atoms with Crippen molar-refractivity contribution < 1.29 is 4.79 Å². The number of aromatic nitrogens is 2. The molecule has 1 fully saturated rings. The SMILES string of the molecule is O=C(N[C@@H]1CCCN(Cc2ccccn2)C1)c1ncccc1Cl. The number of hydrogen-bond donors (Lipinski definition) is 1. The molecule has 0 spiro atoms. The Hall–Kier alpha value is -1.98. The minimum Gasteiger partial charge on any atom is -0.347 e. The van der Waals surface area contributed by atoms with E-state index in [1.807, 2.05) is 24.4 Å². The predicted octanol–water partition coefficient (Wildman–Crippen LogP) is 2.52. The van der Waals surface area contributed by atoms with E-state index < -0.39 is 0 Å². The monoisotopic (exact) mass is 330 g/mol. The molecule has 5 nitrogen and oxygen atoms in total. The first-order chi connectivity index (χ1) is 11.2. The van der Waals surface area contributed by atoms with Crippen LogP contribution in [0.2, 0.25) is 5.02 Å². The maximum atomic E-state index is 12.3. The van der Waals surface area contributed by atoms with E-state index in [0.717, 1.165) is 38.2 Å². The number of nitrogens with one attached hydrogen (secondary N) is 1. The lowest BCUT2D eigenvalue weighted by Crippen LogP contribution is -2.47. The molecule has 1 aliphatic heterocycles. The second-order valence-corrected chi connectivity index (χ2v) is 6.11. The number of carbonyl (C=O) groups is 1. The fraction of sp³-hybridized carbons (Fsp3) is 0.353. The van der Waals surface area contributed by atoms with Crippen molar-refractivity contribution in [1.82, 2.24) is 20.2 Å². The van der Waals surface area contributed by atoms with Crippen LogP contribution in [-0.2, 0) is 6.54 Å². The molecule has 6 heteroatoms. The highest BCUT2D eigenvalue weighted by Crippen LogP contribution is 2.15. The molecule has 1 amide bonds. The van der Waals surface area contributed by atoms with Crippen molar-refractivity contribution in [3.05, 3.63) is 59.1 Å². The summed E-state index contributed by atoms with van der Waals surface area (Å²) >= 11 is 6.03. The Morgan fingerprint density at radius 2 is 2.13 bits per heavy atom. The van der Waals surface area contributed by atoms with E-state index >= 15 is 0 Å². The Morgan fingerprint density at radius 1 is 1.26 bits per heavy atom. The first-order valence-electron chi connectivity index (χ1n) is 7.76. The van der Waals surface area contributed by atoms with Crippen LogP contribution in [0, 0.1) is 0 Å². The van der Waals surface area contributed by atoms with Crippen LogP contribution in [-0.4, -0.2) is 39.9 Å². The second-order valence-electron chi connectivity index (χ2n) is 5.70. The predicted molar refractivity (Wildman–Crippen MR) is 89.2 cm³/mol. The maximum Gasteiger partial charge on any atom is 0.271 e. The van der Waals surface area contributed by atoms with Crippen LogP contribution in [0.3, 0.4) is 0 Å². The van der Waals surface area contributed by atoms with Crippen LogP contribution in [0.5, 0.6) is 0 Å². The molecular weight excluding hydrogens is 312 g/mol. The average Bonchev–Trinajstić information content (AvgIpc) is 2.56. The molecule has 23 heavy (non-hydrogen) atoms. The minimum absolute atomic E-state index is 0.109. The molecule has 1 saturated heterocycles. The summed E-state index contributed by atoms with van der Waals surface area (Å²) < 4.78 is 0. The third-order valence-electron chi connectivity index (χ3n) is 3.93. The molecule has 1 atom stereocenters. The van der Waals surface area contributed by atoms with E-state index in [1.54, 1.807) is 18.3 Å². The van der Waals surface area contributed by atoms with Crippen LogP contribution in [0.4, 0.5) is 0 Å². The molecule has 0 saturated carbocycles. The molecule has 1 N–H and O–H groups in total. The average molecular weight is 331 g/mol. The molecule has 1 aliphatic rings. The maximum absolute atomic E-state index is 12.3. The Morgan fingerprint density at radius 3 is 2.91 bits per heavy atom. The highest BCUT2D eigenvalue weighted by Gasteiger charge is 2.23. The quantitative estimate of drug-likeness (QED) is 0.936. The largest absolute Gasteiger partial charge is 0.347 e. The van der Waals surface area contributed by atoms with E-state index in [2.05, 4.69) is 20.2 Å². The van der Waals surface area contributed by atoms with E-state index in [-0.39, 0.29) is 17.6 Å². The number of nitrogens with zero attached hydrogens (tertiary/aromatic N) is 3. The van der Waals surface area contributed by atoms with Crippen molar-refractivity contribution in [2.45, 2.75) is 25.4 Å². The Kier molecular flexibility index (Phi) is 5.20. The van der Waals surface area contributed by atoms with Gasteiger partial charge in [0.1, 0.15) is 5.69 Å². The van der Waals surface area contributed by atoms with Crippen molar-refractivity contribution in [2.24, 2.45) is 0 Å². The van der Waals surface area contributed by atoms with E-state index in [9.17, 15) is 4.79 Å². The van der Waals surface area contributed by atoms with Gasteiger partial charge in [0.05, 0.1) is 10.7 Å². The second kappa shape index (κ2) is 7.53. The van der Waals surface area contributed by atoms with Gasteiger partial charge in [-0.05, 0) is 43.7 Å². The summed E-state index contributed by atoms with van der Waals surface area (Å²) in [6.45, 7) is 2.64. The summed E-state index contributed by atoms with van der Waals surface area (Å²) in [6, 6.07) is 9.44. The van der Waals surface area contributed by atoms with Gasteiger partial charge in [0.15, 0.2) is 0 Å². The number of likely N-dealkylation sites (tertiary alicyclic amines) is 1. The number of piperidine rings is 1. The normalized spacial score (nSPS) is 18.6. The van der Waals surface area contributed by atoms with Gasteiger partial charge in [-0.25, -0.2) is 4.98 Å². The zero-order chi connectivity index (χ0) is 16.1. The van der Waals surface area contributed by atoms with Gasteiger partial charge in [-0.2, -0.15) is 0 Å². The summed E-state index contributed by atoms with van der Waals surface area (Å²) in [5.74, 6) is -0.208. The van der Waals surface area contributed by atoms with Gasteiger partial charge in [-0.1, -0.05) is 17.7 Å². The first-order valence-corrected chi connectivity index (χ1v) is 8.14. The van der Waals surface area contributed by atoms with E-state index in [0.29, 0.717) is 5.02 Å². The summed E-state index contributed by atoms with van der Waals surface area (Å²) in [7, 11) is 0. The molecule has 120 valence electrons. The highest BCUT2D eigenvalue weighted by atomic mass is 35.5. The fourth-order valence-corrected chi connectivity index (χ4v) is 3.05. The van der Waals surface area contributed by atoms with Gasteiger partial charge >= 0.3 is 0 Å². The Bertz CT molecular complexity index is 665. The number of carbonyl (C=O) groups excluding carboxylic acids is 1. The summed E-state index contributed by atoms with van der Waals surface area (Å²) in [5, 5.41) is 3.42. The van der Waals surface area contributed by atoms with Crippen LogP contribution in [0.15, 0.2) is 42.7 Å². The topological polar surface area (TPSA) is 58.1 Å². The van der Waals surface area contributed by atoms with Gasteiger partial charge in [0.25, 0.3) is 5.91 Å². The summed E-state index contributed by atoms with van der Waals surface area (Å²) in [6.07, 6.45) is 5.40. The molecule has 0 aromatic carbocycles. The smallest absolute Gasteiger partial charge is 0.271 e. The van der Waals surface area contributed by atoms with Crippen LogP contribution in [0.25, 0.3) is 0 Å². The van der Waals surface area contributed by atoms with Crippen molar-refractivity contribution in [3.8, 4) is 0 Å². The molecule has 0 radical (unpaired) electrons. The van der Waals surface area contributed by atoms with Crippen LogP contribution in [0.1, 0.15) is 29.0 Å². The lowest BCUT2D eigenvalue weighted by atomic mass is 10.1. The number of amides is 1. The van der Waals surface area contributed by atoms with Crippen molar-refractivity contribution in [3.63, 3.8) is 0 Å². The van der Waals surface area contributed by atoms with Gasteiger partial charge < -0.3 is 5.32 Å². The van der Waals surface area contributed by atoms with Crippen molar-refractivity contribution >= 4 is 17.5 Å². The van der Waals surface area contributed by atoms with E-state index in [4.69, 9.17) is 11.6 Å². The highest BCUT2D eigenvalue weighted by molar-refractivity contribution is 6.33. The Balaban J connectivity index is 1.58. The molecule has 2 aromatic rings. The summed E-state index contributed by atoms with van der Waals surface area (Å²) in [4.78, 5) is 23.1. The number of rotatable bonds is 4.